The number of benzene rings is 3. The molecule has 0 radical (unpaired) electrons. The molecule has 0 atom stereocenters. The zero-order valence-electron chi connectivity index (χ0n) is 16.6. The zero-order chi connectivity index (χ0) is 22.5. The molecule has 0 unspecified atom stereocenters. The number of hydrogen-bond acceptors (Lipinski definition) is 3. The van der Waals surface area contributed by atoms with E-state index < -0.39 is 23.5 Å². The number of fused-ring (bicyclic) bond motifs is 2. The summed E-state index contributed by atoms with van der Waals surface area (Å²) in [7, 11) is 0. The molecule has 32 heavy (non-hydrogen) atoms. The van der Waals surface area contributed by atoms with Crippen LogP contribution < -0.4 is 15.5 Å². The molecule has 3 aromatic rings. The first-order valence-corrected chi connectivity index (χ1v) is 9.91. The van der Waals surface area contributed by atoms with Gasteiger partial charge in [-0.2, -0.15) is 13.2 Å². The highest BCUT2D eigenvalue weighted by Gasteiger charge is 2.36. The second kappa shape index (κ2) is 7.40. The average molecular weight is 439 g/mol. The van der Waals surface area contributed by atoms with E-state index in [1.54, 1.807) is 11.0 Å². The Balaban J connectivity index is 1.46. The summed E-state index contributed by atoms with van der Waals surface area (Å²) in [5, 5.41) is 5.27. The summed E-state index contributed by atoms with van der Waals surface area (Å²) in [6, 6.07) is 15.7. The lowest BCUT2D eigenvalue weighted by molar-refractivity contribution is -0.137. The molecular formula is C24H17F4N3O. The first-order chi connectivity index (χ1) is 15.3. The summed E-state index contributed by atoms with van der Waals surface area (Å²) in [5.74, 6) is -1.12. The number of amides is 1. The maximum atomic E-state index is 14.2. The van der Waals surface area contributed by atoms with Gasteiger partial charge in [-0.15, -0.1) is 0 Å². The Bertz CT molecular complexity index is 1240. The number of rotatable bonds is 3. The van der Waals surface area contributed by atoms with Crippen LogP contribution >= 0.6 is 0 Å². The van der Waals surface area contributed by atoms with Crippen LogP contribution in [0.2, 0.25) is 0 Å². The first kappa shape index (κ1) is 20.1. The standard InChI is InChI=1S/C24H17F4N3O/c25-19-6-3-7-20-22(19)17(23(32)30-20)11-29-16-8-9-21(18(10-16)24(26,27)28)31-12-14-4-1-2-5-15(14)13-31/h1-11,29H,12-13H2,(H,30,32). The van der Waals surface area contributed by atoms with Gasteiger partial charge in [0, 0.05) is 36.2 Å². The molecule has 0 fully saturated rings. The van der Waals surface area contributed by atoms with Crippen LogP contribution in [0.1, 0.15) is 22.3 Å². The van der Waals surface area contributed by atoms with Gasteiger partial charge in [0.05, 0.1) is 16.8 Å². The third-order valence-electron chi connectivity index (χ3n) is 5.64. The topological polar surface area (TPSA) is 44.4 Å². The van der Waals surface area contributed by atoms with Gasteiger partial charge in [0.25, 0.3) is 5.91 Å². The van der Waals surface area contributed by atoms with Crippen molar-refractivity contribution >= 4 is 28.5 Å². The lowest BCUT2D eigenvalue weighted by Crippen LogP contribution is -2.20. The molecule has 2 heterocycles. The fourth-order valence-electron chi connectivity index (χ4n) is 4.13. The monoisotopic (exact) mass is 439 g/mol. The molecule has 5 rings (SSSR count). The Morgan fingerprint density at radius 2 is 1.69 bits per heavy atom. The second-order valence-electron chi connectivity index (χ2n) is 7.67. The van der Waals surface area contributed by atoms with Crippen molar-refractivity contribution in [2.24, 2.45) is 0 Å². The van der Waals surface area contributed by atoms with Crippen LogP contribution in [-0.4, -0.2) is 5.91 Å². The Morgan fingerprint density at radius 3 is 2.38 bits per heavy atom. The highest BCUT2D eigenvalue weighted by Crippen LogP contribution is 2.41. The van der Waals surface area contributed by atoms with Crippen LogP contribution in [0.3, 0.4) is 0 Å². The fraction of sp³-hybridized carbons (Fsp3) is 0.125. The Kier molecular flexibility index (Phi) is 4.65. The molecule has 1 amide bonds. The number of hydrogen-bond donors (Lipinski definition) is 2. The molecule has 0 bridgehead atoms. The number of nitrogens with zero attached hydrogens (tertiary/aromatic N) is 1. The van der Waals surface area contributed by atoms with Crippen LogP contribution in [0, 0.1) is 5.82 Å². The van der Waals surface area contributed by atoms with Crippen molar-refractivity contribution in [2.75, 3.05) is 15.5 Å². The minimum Gasteiger partial charge on any atom is -0.362 e. The Hall–Kier alpha value is -3.81. The molecule has 4 nitrogen and oxygen atoms in total. The van der Waals surface area contributed by atoms with E-state index in [1.807, 2.05) is 24.3 Å². The third-order valence-corrected chi connectivity index (χ3v) is 5.64. The minimum absolute atomic E-state index is 0.0192. The molecule has 0 saturated heterocycles. The maximum Gasteiger partial charge on any atom is 0.418 e. The first-order valence-electron chi connectivity index (χ1n) is 9.91. The number of alkyl halides is 3. The van der Waals surface area contributed by atoms with E-state index in [9.17, 15) is 22.4 Å². The smallest absolute Gasteiger partial charge is 0.362 e. The molecule has 0 spiro atoms. The highest BCUT2D eigenvalue weighted by atomic mass is 19.4. The number of halogens is 4. The van der Waals surface area contributed by atoms with Crippen LogP contribution in [-0.2, 0) is 24.1 Å². The number of carbonyl (C=O) groups is 1. The van der Waals surface area contributed by atoms with Crippen molar-refractivity contribution in [2.45, 2.75) is 19.3 Å². The quantitative estimate of drug-likeness (QED) is 0.402. The van der Waals surface area contributed by atoms with E-state index in [0.29, 0.717) is 18.8 Å². The highest BCUT2D eigenvalue weighted by molar-refractivity contribution is 6.31. The third kappa shape index (κ3) is 3.47. The number of anilines is 3. The van der Waals surface area contributed by atoms with E-state index in [1.165, 1.54) is 30.5 Å². The maximum absolute atomic E-state index is 14.2. The lowest BCUT2D eigenvalue weighted by atomic mass is 10.1. The van der Waals surface area contributed by atoms with E-state index in [4.69, 9.17) is 0 Å². The Morgan fingerprint density at radius 1 is 0.969 bits per heavy atom. The lowest BCUT2D eigenvalue weighted by Gasteiger charge is -2.23. The summed E-state index contributed by atoms with van der Waals surface area (Å²) < 4.78 is 55.8. The summed E-state index contributed by atoms with van der Waals surface area (Å²) >= 11 is 0. The van der Waals surface area contributed by atoms with Gasteiger partial charge < -0.3 is 15.5 Å². The van der Waals surface area contributed by atoms with Gasteiger partial charge in [0.2, 0.25) is 0 Å². The molecule has 2 N–H and O–H groups in total. The average Bonchev–Trinajstić information content (AvgIpc) is 3.32. The zero-order valence-corrected chi connectivity index (χ0v) is 16.6. The Labute approximate surface area is 181 Å². The van der Waals surface area contributed by atoms with Gasteiger partial charge in [0.15, 0.2) is 0 Å². The summed E-state index contributed by atoms with van der Waals surface area (Å²) in [6.45, 7) is 0.790. The van der Waals surface area contributed by atoms with E-state index in [2.05, 4.69) is 10.6 Å². The predicted octanol–water partition coefficient (Wildman–Crippen LogP) is 5.77. The number of nitrogens with one attached hydrogen (secondary N) is 2. The normalized spacial score (nSPS) is 16.2. The van der Waals surface area contributed by atoms with Gasteiger partial charge in [-0.1, -0.05) is 30.3 Å². The van der Waals surface area contributed by atoms with Crippen LogP contribution in [0.25, 0.3) is 5.57 Å². The molecular weight excluding hydrogens is 422 g/mol. The van der Waals surface area contributed by atoms with Gasteiger partial charge in [-0.25, -0.2) is 4.39 Å². The summed E-state index contributed by atoms with van der Waals surface area (Å²) in [5.41, 5.74) is 1.88. The molecule has 8 heteroatoms. The van der Waals surface area contributed by atoms with Gasteiger partial charge >= 0.3 is 6.18 Å². The van der Waals surface area contributed by atoms with E-state index >= 15 is 0 Å². The van der Waals surface area contributed by atoms with Crippen LogP contribution in [0.15, 0.2) is 66.9 Å². The minimum atomic E-state index is -4.57. The van der Waals surface area contributed by atoms with E-state index in [-0.39, 0.29) is 22.5 Å². The summed E-state index contributed by atoms with van der Waals surface area (Å²) in [6.07, 6.45) is -3.34. The van der Waals surface area contributed by atoms with Crippen molar-refractivity contribution in [3.63, 3.8) is 0 Å². The largest absolute Gasteiger partial charge is 0.418 e. The molecule has 162 valence electrons. The van der Waals surface area contributed by atoms with Gasteiger partial charge in [-0.3, -0.25) is 4.79 Å². The molecule has 0 aliphatic carbocycles. The molecule has 2 aliphatic rings. The van der Waals surface area contributed by atoms with Crippen LogP contribution in [0.4, 0.5) is 34.6 Å². The fourth-order valence-corrected chi connectivity index (χ4v) is 4.13. The van der Waals surface area contributed by atoms with Crippen molar-refractivity contribution in [1.82, 2.24) is 0 Å². The van der Waals surface area contributed by atoms with E-state index in [0.717, 1.165) is 17.2 Å². The van der Waals surface area contributed by atoms with Crippen LogP contribution in [0.5, 0.6) is 0 Å². The number of carbonyl (C=O) groups excluding carboxylic acids is 1. The van der Waals surface area contributed by atoms with Crippen molar-refractivity contribution in [3.05, 3.63) is 94.9 Å². The molecule has 2 aliphatic heterocycles. The molecule has 0 aromatic heterocycles. The predicted molar refractivity (Wildman–Crippen MR) is 114 cm³/mol. The summed E-state index contributed by atoms with van der Waals surface area (Å²) in [4.78, 5) is 13.9. The molecule has 0 saturated carbocycles. The van der Waals surface area contributed by atoms with Crippen molar-refractivity contribution in [3.8, 4) is 0 Å². The van der Waals surface area contributed by atoms with Crippen molar-refractivity contribution < 1.29 is 22.4 Å². The van der Waals surface area contributed by atoms with Gasteiger partial charge in [0.1, 0.15) is 5.82 Å². The second-order valence-corrected chi connectivity index (χ2v) is 7.67. The SMILES string of the molecule is O=C1Nc2cccc(F)c2C1=CNc1ccc(N2Cc3ccccc3C2)c(C(F)(F)F)c1. The van der Waals surface area contributed by atoms with Gasteiger partial charge in [-0.05, 0) is 41.5 Å². The van der Waals surface area contributed by atoms with Crippen molar-refractivity contribution in [1.29, 1.82) is 0 Å². The molecule has 3 aromatic carbocycles.